The van der Waals surface area contributed by atoms with Crippen molar-refractivity contribution in [1.82, 2.24) is 19.7 Å². The highest BCUT2D eigenvalue weighted by Crippen LogP contribution is 2.16. The summed E-state index contributed by atoms with van der Waals surface area (Å²) in [6.07, 6.45) is 0.270. The van der Waals surface area contributed by atoms with E-state index in [-0.39, 0.29) is 54.0 Å². The number of benzene rings is 1. The predicted octanol–water partition coefficient (Wildman–Crippen LogP) is 0.334. The molecule has 1 aromatic carbocycles. The van der Waals surface area contributed by atoms with Crippen molar-refractivity contribution in [3.63, 3.8) is 0 Å². The van der Waals surface area contributed by atoms with E-state index in [2.05, 4.69) is 10.1 Å². The van der Waals surface area contributed by atoms with E-state index < -0.39 is 16.5 Å². The molecule has 2 aromatic heterocycles. The van der Waals surface area contributed by atoms with Gasteiger partial charge in [0.1, 0.15) is 10.9 Å². The zero-order valence-electron chi connectivity index (χ0n) is 13.9. The fraction of sp³-hybridized carbons (Fsp3) is 0.235. The summed E-state index contributed by atoms with van der Waals surface area (Å²) in [5.74, 6) is -0.645. The maximum Gasteiger partial charge on any atom is 0.287 e. The molecule has 1 aliphatic heterocycles. The van der Waals surface area contributed by atoms with Crippen molar-refractivity contribution in [3.05, 3.63) is 54.2 Å². The van der Waals surface area contributed by atoms with Gasteiger partial charge in [-0.3, -0.25) is 34.0 Å². The van der Waals surface area contributed by atoms with E-state index in [1.165, 1.54) is 18.2 Å². The van der Waals surface area contributed by atoms with E-state index in [4.69, 9.17) is 11.6 Å². The van der Waals surface area contributed by atoms with Crippen molar-refractivity contribution < 1.29 is 9.59 Å². The van der Waals surface area contributed by atoms with Crippen LogP contribution in [0.1, 0.15) is 12.8 Å². The monoisotopic (exact) mass is 388 g/mol. The van der Waals surface area contributed by atoms with Gasteiger partial charge in [0.25, 0.3) is 11.1 Å². The van der Waals surface area contributed by atoms with Gasteiger partial charge in [-0.1, -0.05) is 11.6 Å². The third kappa shape index (κ3) is 2.76. The van der Waals surface area contributed by atoms with Crippen molar-refractivity contribution >= 4 is 45.2 Å². The molecule has 1 fully saturated rings. The molecule has 0 unspecified atom stereocenters. The smallest absolute Gasteiger partial charge is 0.287 e. The van der Waals surface area contributed by atoms with Crippen LogP contribution in [0.4, 0.5) is 0 Å². The Morgan fingerprint density at radius 2 is 1.70 bits per heavy atom. The van der Waals surface area contributed by atoms with Gasteiger partial charge in [0, 0.05) is 29.8 Å². The summed E-state index contributed by atoms with van der Waals surface area (Å²) in [5.41, 5.74) is -1.77. The average Bonchev–Trinajstić information content (AvgIpc) is 2.94. The van der Waals surface area contributed by atoms with Crippen LogP contribution in [-0.4, -0.2) is 38.0 Å². The molecular formula is C17H13ClN4O5. The number of imide groups is 1. The number of hydrogen-bond donors (Lipinski definition) is 2. The number of nitrogens with zero attached hydrogens (tertiary/aromatic N) is 2. The van der Waals surface area contributed by atoms with Crippen LogP contribution >= 0.6 is 11.6 Å². The Labute approximate surface area is 155 Å². The minimum absolute atomic E-state index is 0.0554. The lowest BCUT2D eigenvalue weighted by Gasteiger charge is -2.14. The van der Waals surface area contributed by atoms with Gasteiger partial charge in [-0.25, -0.2) is 4.68 Å². The summed E-state index contributed by atoms with van der Waals surface area (Å²) in [6, 6.07) is 4.48. The number of amides is 2. The lowest BCUT2D eigenvalue weighted by atomic mass is 10.1. The Kier molecular flexibility index (Phi) is 3.96. The van der Waals surface area contributed by atoms with Gasteiger partial charge in [0.05, 0.1) is 12.1 Å². The number of carbonyl (C=O) groups is 2. The molecule has 0 saturated carbocycles. The number of carbonyl (C=O) groups excluding carboxylic acids is 2. The Morgan fingerprint density at radius 3 is 2.41 bits per heavy atom. The molecule has 0 atom stereocenters. The summed E-state index contributed by atoms with van der Waals surface area (Å²) in [5, 5.41) is 2.70. The number of pyridine rings is 1. The Balaban J connectivity index is 1.85. The molecule has 138 valence electrons. The zero-order valence-corrected chi connectivity index (χ0v) is 14.6. The van der Waals surface area contributed by atoms with E-state index in [0.717, 1.165) is 9.58 Å². The number of halogens is 1. The third-order valence-corrected chi connectivity index (χ3v) is 4.82. The van der Waals surface area contributed by atoms with E-state index in [1.807, 2.05) is 0 Å². The van der Waals surface area contributed by atoms with E-state index in [9.17, 15) is 24.0 Å². The first-order valence-corrected chi connectivity index (χ1v) is 8.56. The molecule has 2 N–H and O–H groups in total. The van der Waals surface area contributed by atoms with Crippen LogP contribution in [0.5, 0.6) is 0 Å². The topological polar surface area (TPSA) is 125 Å². The van der Waals surface area contributed by atoms with E-state index in [1.54, 1.807) is 0 Å². The van der Waals surface area contributed by atoms with Crippen molar-refractivity contribution in [2.75, 3.05) is 6.54 Å². The molecule has 4 rings (SSSR count). The molecule has 3 aromatic rings. The van der Waals surface area contributed by atoms with E-state index >= 15 is 0 Å². The molecule has 0 aliphatic carbocycles. The molecule has 2 amide bonds. The Morgan fingerprint density at radius 1 is 1.00 bits per heavy atom. The average molecular weight is 389 g/mol. The molecule has 1 aliphatic rings. The van der Waals surface area contributed by atoms with Crippen molar-refractivity contribution in [2.24, 2.45) is 0 Å². The quantitative estimate of drug-likeness (QED) is 0.494. The molecule has 0 radical (unpaired) electrons. The highest BCUT2D eigenvalue weighted by Gasteiger charge is 2.28. The van der Waals surface area contributed by atoms with Gasteiger partial charge in [0.15, 0.2) is 0 Å². The van der Waals surface area contributed by atoms with Crippen molar-refractivity contribution in [2.45, 2.75) is 19.4 Å². The van der Waals surface area contributed by atoms with Crippen LogP contribution in [0.2, 0.25) is 5.02 Å². The number of likely N-dealkylation sites (tertiary alicyclic amines) is 1. The van der Waals surface area contributed by atoms with Gasteiger partial charge >= 0.3 is 0 Å². The third-order valence-electron chi connectivity index (χ3n) is 4.59. The van der Waals surface area contributed by atoms with Crippen molar-refractivity contribution in [1.29, 1.82) is 0 Å². The van der Waals surface area contributed by atoms with Crippen LogP contribution in [0, 0.1) is 0 Å². The summed E-state index contributed by atoms with van der Waals surface area (Å²) in [7, 11) is 0. The van der Waals surface area contributed by atoms with Crippen LogP contribution < -0.4 is 16.5 Å². The first-order chi connectivity index (χ1) is 12.9. The SMILES string of the molecule is O=C1CCC(=O)N1CCn1[nH]c(=O)c2[nH]c3cc(Cl)ccc3c(=O)c2c1=O. The lowest BCUT2D eigenvalue weighted by molar-refractivity contribution is -0.138. The second-order valence-corrected chi connectivity index (χ2v) is 6.67. The molecule has 0 spiro atoms. The van der Waals surface area contributed by atoms with Gasteiger partial charge < -0.3 is 4.98 Å². The first kappa shape index (κ1) is 17.2. The van der Waals surface area contributed by atoms with Gasteiger partial charge in [0.2, 0.25) is 17.2 Å². The number of aromatic amines is 2. The second kappa shape index (κ2) is 6.20. The number of aromatic nitrogens is 3. The number of H-pyrrole nitrogens is 2. The molecule has 3 heterocycles. The van der Waals surface area contributed by atoms with Crippen LogP contribution in [0.15, 0.2) is 32.6 Å². The number of rotatable bonds is 3. The highest BCUT2D eigenvalue weighted by atomic mass is 35.5. The Hall–Kier alpha value is -3.20. The highest BCUT2D eigenvalue weighted by molar-refractivity contribution is 6.31. The van der Waals surface area contributed by atoms with Gasteiger partial charge in [-0.2, -0.15) is 0 Å². The van der Waals surface area contributed by atoms with Gasteiger partial charge in [-0.15, -0.1) is 0 Å². The minimum Gasteiger partial charge on any atom is -0.350 e. The number of nitrogens with one attached hydrogen (secondary N) is 2. The first-order valence-electron chi connectivity index (χ1n) is 8.18. The summed E-state index contributed by atoms with van der Waals surface area (Å²) >= 11 is 5.91. The van der Waals surface area contributed by atoms with E-state index in [0.29, 0.717) is 10.5 Å². The van der Waals surface area contributed by atoms with Crippen molar-refractivity contribution in [3.8, 4) is 0 Å². The van der Waals surface area contributed by atoms with Crippen LogP contribution in [0.25, 0.3) is 21.8 Å². The second-order valence-electron chi connectivity index (χ2n) is 6.23. The van der Waals surface area contributed by atoms with Crippen LogP contribution in [-0.2, 0) is 16.1 Å². The lowest BCUT2D eigenvalue weighted by Crippen LogP contribution is -2.38. The fourth-order valence-electron chi connectivity index (χ4n) is 3.23. The van der Waals surface area contributed by atoms with Gasteiger partial charge in [-0.05, 0) is 18.2 Å². The largest absolute Gasteiger partial charge is 0.350 e. The molecule has 10 heteroatoms. The molecular weight excluding hydrogens is 376 g/mol. The zero-order chi connectivity index (χ0) is 19.3. The number of fused-ring (bicyclic) bond motifs is 2. The number of hydrogen-bond acceptors (Lipinski definition) is 5. The summed E-state index contributed by atoms with van der Waals surface area (Å²) in [4.78, 5) is 65.0. The molecule has 27 heavy (non-hydrogen) atoms. The van der Waals surface area contributed by atoms with Crippen LogP contribution in [0.3, 0.4) is 0 Å². The normalized spacial score (nSPS) is 14.6. The fourth-order valence-corrected chi connectivity index (χ4v) is 3.40. The molecule has 1 saturated heterocycles. The molecule has 9 nitrogen and oxygen atoms in total. The summed E-state index contributed by atoms with van der Waals surface area (Å²) < 4.78 is 0.945. The minimum atomic E-state index is -0.707. The predicted molar refractivity (Wildman–Crippen MR) is 97.9 cm³/mol. The Bertz CT molecular complexity index is 1290. The maximum atomic E-state index is 12.7. The summed E-state index contributed by atoms with van der Waals surface area (Å²) in [6.45, 7) is -0.167. The molecule has 0 bridgehead atoms. The standard InChI is InChI=1S/C17H13ClN4O5/c18-8-1-2-9-10(7-8)19-14-13(15(9)25)17(27)22(20-16(14)26)6-5-21-11(23)3-4-12(21)24/h1-2,7H,3-6H2,(H,19,25)(H,20,26). The maximum absolute atomic E-state index is 12.7.